The number of carbonyl (C=O) groups excluding carboxylic acids is 2. The van der Waals surface area contributed by atoms with E-state index < -0.39 is 0 Å². The first-order valence-electron chi connectivity index (χ1n) is 13.3. The van der Waals surface area contributed by atoms with E-state index in [-0.39, 0.29) is 17.9 Å². The highest BCUT2D eigenvalue weighted by Gasteiger charge is 2.36. The smallest absolute Gasteiger partial charge is 0.251 e. The summed E-state index contributed by atoms with van der Waals surface area (Å²) >= 11 is 6.71. The van der Waals surface area contributed by atoms with Crippen molar-refractivity contribution in [1.82, 2.24) is 15.5 Å². The van der Waals surface area contributed by atoms with Crippen LogP contribution in [0.4, 0.5) is 0 Å². The lowest BCUT2D eigenvalue weighted by molar-refractivity contribution is -0.133. The van der Waals surface area contributed by atoms with E-state index in [2.05, 4.69) is 27.7 Å². The molecule has 3 aliphatic rings. The average Bonchev–Trinajstić information content (AvgIpc) is 3.26. The first-order valence-corrected chi connectivity index (χ1v) is 13.7. The summed E-state index contributed by atoms with van der Waals surface area (Å²) in [5.41, 5.74) is 3.65. The summed E-state index contributed by atoms with van der Waals surface area (Å²) in [4.78, 5) is 28.0. The van der Waals surface area contributed by atoms with Crippen LogP contribution in [0.25, 0.3) is 11.1 Å². The zero-order valence-electron chi connectivity index (χ0n) is 20.4. The van der Waals surface area contributed by atoms with Crippen molar-refractivity contribution in [3.05, 3.63) is 58.6 Å². The lowest BCUT2D eigenvalue weighted by Crippen LogP contribution is -2.42. The zero-order valence-corrected chi connectivity index (χ0v) is 21.2. The highest BCUT2D eigenvalue weighted by atomic mass is 35.5. The van der Waals surface area contributed by atoms with Crippen molar-refractivity contribution < 1.29 is 9.59 Å². The molecule has 2 aromatic rings. The monoisotopic (exact) mass is 493 g/mol. The second-order valence-electron chi connectivity index (χ2n) is 10.4. The molecule has 3 fully saturated rings. The van der Waals surface area contributed by atoms with Gasteiger partial charge in [-0.25, -0.2) is 0 Å². The van der Waals surface area contributed by atoms with Gasteiger partial charge >= 0.3 is 0 Å². The van der Waals surface area contributed by atoms with Gasteiger partial charge in [-0.1, -0.05) is 55.1 Å². The molecule has 1 aliphatic carbocycles. The number of amides is 2. The van der Waals surface area contributed by atoms with Gasteiger partial charge in [0.1, 0.15) is 0 Å². The van der Waals surface area contributed by atoms with Crippen LogP contribution in [0.2, 0.25) is 5.02 Å². The van der Waals surface area contributed by atoms with Crippen LogP contribution in [0.3, 0.4) is 0 Å². The van der Waals surface area contributed by atoms with Gasteiger partial charge in [0, 0.05) is 35.1 Å². The summed E-state index contributed by atoms with van der Waals surface area (Å²) in [7, 11) is 0. The van der Waals surface area contributed by atoms with Crippen LogP contribution < -0.4 is 10.6 Å². The summed E-state index contributed by atoms with van der Waals surface area (Å²) in [6.07, 6.45) is 9.64. The molecule has 0 bridgehead atoms. The van der Waals surface area contributed by atoms with Crippen molar-refractivity contribution in [2.24, 2.45) is 5.92 Å². The topological polar surface area (TPSA) is 61.4 Å². The van der Waals surface area contributed by atoms with Crippen LogP contribution in [0, 0.1) is 5.92 Å². The maximum absolute atomic E-state index is 13.1. The number of rotatable bonds is 6. The van der Waals surface area contributed by atoms with Gasteiger partial charge in [0.15, 0.2) is 0 Å². The largest absolute Gasteiger partial charge is 0.349 e. The summed E-state index contributed by atoms with van der Waals surface area (Å²) in [6.45, 7) is 2.78. The fourth-order valence-corrected chi connectivity index (χ4v) is 6.20. The molecule has 2 saturated heterocycles. The molecule has 0 spiro atoms. The Bertz CT molecular complexity index is 1060. The van der Waals surface area contributed by atoms with Crippen LogP contribution in [0.5, 0.6) is 0 Å². The molecule has 2 aliphatic heterocycles. The molecule has 6 heteroatoms. The third-order valence-electron chi connectivity index (χ3n) is 8.02. The van der Waals surface area contributed by atoms with Crippen LogP contribution in [-0.2, 0) is 11.2 Å². The number of carbonyl (C=O) groups is 2. The van der Waals surface area contributed by atoms with Gasteiger partial charge in [-0.3, -0.25) is 9.59 Å². The van der Waals surface area contributed by atoms with Gasteiger partial charge < -0.3 is 15.5 Å². The van der Waals surface area contributed by atoms with Crippen molar-refractivity contribution in [1.29, 1.82) is 0 Å². The number of halogens is 1. The van der Waals surface area contributed by atoms with Crippen molar-refractivity contribution in [3.63, 3.8) is 0 Å². The molecule has 5 nitrogen and oxygen atoms in total. The Morgan fingerprint density at radius 3 is 2.51 bits per heavy atom. The van der Waals surface area contributed by atoms with E-state index in [1.807, 2.05) is 30.3 Å². The van der Waals surface area contributed by atoms with Crippen LogP contribution in [-0.4, -0.2) is 48.4 Å². The molecular formula is C29H36ClN3O2. The van der Waals surface area contributed by atoms with Crippen molar-refractivity contribution >= 4 is 23.4 Å². The molecule has 2 heterocycles. The van der Waals surface area contributed by atoms with Gasteiger partial charge in [0.2, 0.25) is 5.91 Å². The maximum Gasteiger partial charge on any atom is 0.251 e. The van der Waals surface area contributed by atoms with Crippen molar-refractivity contribution in [3.8, 4) is 11.1 Å². The number of likely N-dealkylation sites (tertiary alicyclic amines) is 1. The minimum absolute atomic E-state index is 0.0243. The average molecular weight is 494 g/mol. The van der Waals surface area contributed by atoms with Gasteiger partial charge in [-0.2, -0.15) is 0 Å². The minimum Gasteiger partial charge on any atom is -0.349 e. The molecule has 0 radical (unpaired) electrons. The summed E-state index contributed by atoms with van der Waals surface area (Å²) in [5, 5.41) is 7.18. The number of piperidine rings is 1. The Morgan fingerprint density at radius 1 is 0.971 bits per heavy atom. The maximum atomic E-state index is 13.1. The Balaban J connectivity index is 1.24. The van der Waals surface area contributed by atoms with E-state index in [1.165, 1.54) is 19.3 Å². The molecule has 1 saturated carbocycles. The van der Waals surface area contributed by atoms with Gasteiger partial charge in [0.05, 0.1) is 0 Å². The molecule has 1 unspecified atom stereocenters. The highest BCUT2D eigenvalue weighted by Crippen LogP contribution is 2.33. The van der Waals surface area contributed by atoms with Crippen LogP contribution in [0.1, 0.15) is 67.3 Å². The number of hydrogen-bond donors (Lipinski definition) is 2. The van der Waals surface area contributed by atoms with E-state index in [0.717, 1.165) is 68.4 Å². The minimum atomic E-state index is -0.0243. The Kier molecular flexibility index (Phi) is 7.74. The Hall–Kier alpha value is -2.37. The number of benzene rings is 2. The zero-order chi connectivity index (χ0) is 24.2. The predicted molar refractivity (Wildman–Crippen MR) is 141 cm³/mol. The number of nitrogens with one attached hydrogen (secondary N) is 2. The van der Waals surface area contributed by atoms with E-state index in [0.29, 0.717) is 29.0 Å². The van der Waals surface area contributed by atoms with Crippen LogP contribution >= 0.6 is 11.6 Å². The quantitative estimate of drug-likeness (QED) is 0.580. The Labute approximate surface area is 213 Å². The normalized spacial score (nSPS) is 21.9. The molecule has 0 aromatic heterocycles. The summed E-state index contributed by atoms with van der Waals surface area (Å²) < 4.78 is 0. The Morgan fingerprint density at radius 2 is 1.74 bits per heavy atom. The van der Waals surface area contributed by atoms with Gasteiger partial charge in [0.25, 0.3) is 5.91 Å². The molecule has 2 amide bonds. The second kappa shape index (κ2) is 11.1. The molecule has 35 heavy (non-hydrogen) atoms. The van der Waals surface area contributed by atoms with E-state index in [1.54, 1.807) is 0 Å². The fourth-order valence-electron chi connectivity index (χ4n) is 5.94. The second-order valence-corrected chi connectivity index (χ2v) is 10.8. The third kappa shape index (κ3) is 5.73. The molecule has 186 valence electrons. The first kappa shape index (κ1) is 24.3. The summed E-state index contributed by atoms with van der Waals surface area (Å²) in [5.74, 6) is 0.315. The molecule has 1 atom stereocenters. The van der Waals surface area contributed by atoms with E-state index in [9.17, 15) is 9.59 Å². The van der Waals surface area contributed by atoms with Crippen molar-refractivity contribution in [2.75, 3.05) is 19.6 Å². The first-order chi connectivity index (χ1) is 17.1. The SMILES string of the molecule is O=C(NC1CCNCC1)c1cccc(-c2ccc(CC3CCN(C4CCCCC4)C3=O)c(Cl)c2)c1. The van der Waals surface area contributed by atoms with E-state index >= 15 is 0 Å². The van der Waals surface area contributed by atoms with Gasteiger partial charge in [-0.05, 0) is 86.5 Å². The molecular weight excluding hydrogens is 458 g/mol. The molecule has 5 rings (SSSR count). The van der Waals surface area contributed by atoms with Gasteiger partial charge in [-0.15, -0.1) is 0 Å². The van der Waals surface area contributed by atoms with E-state index in [4.69, 9.17) is 11.6 Å². The van der Waals surface area contributed by atoms with Crippen molar-refractivity contribution in [2.45, 2.75) is 69.9 Å². The lowest BCUT2D eigenvalue weighted by Gasteiger charge is -2.31. The van der Waals surface area contributed by atoms with Crippen LogP contribution in [0.15, 0.2) is 42.5 Å². The fraction of sp³-hybridized carbons (Fsp3) is 0.517. The number of hydrogen-bond acceptors (Lipinski definition) is 3. The lowest BCUT2D eigenvalue weighted by atomic mass is 9.93. The third-order valence-corrected chi connectivity index (χ3v) is 8.37. The summed E-state index contributed by atoms with van der Waals surface area (Å²) in [6, 6.07) is 14.5. The molecule has 2 N–H and O–H groups in total. The predicted octanol–water partition coefficient (Wildman–Crippen LogP) is 5.21. The highest BCUT2D eigenvalue weighted by molar-refractivity contribution is 6.31. The standard InChI is InChI=1S/C29H36ClN3O2/c30-27-19-21(20-5-4-6-23(17-20)28(34)32-25-11-14-31-15-12-25)9-10-22(27)18-24-13-16-33(29(24)35)26-7-2-1-3-8-26/h4-6,9-10,17,19,24-26,31H,1-3,7-8,11-16,18H2,(H,32,34). The molecule has 2 aromatic carbocycles. The number of nitrogens with zero attached hydrogens (tertiary/aromatic N) is 1.